The van der Waals surface area contributed by atoms with E-state index in [1.807, 2.05) is 0 Å². The average Bonchev–Trinajstić information content (AvgIpc) is 1.82. The summed E-state index contributed by atoms with van der Waals surface area (Å²) in [5.74, 6) is -2.14. The van der Waals surface area contributed by atoms with E-state index in [9.17, 15) is 14.2 Å². The molecule has 0 aromatic carbocycles. The summed E-state index contributed by atoms with van der Waals surface area (Å²) in [4.78, 5) is 0. The molecule has 2 atom stereocenters. The maximum absolute atomic E-state index is 10.6. The zero-order valence-corrected chi connectivity index (χ0v) is 7.66. The van der Waals surface area contributed by atoms with Gasteiger partial charge < -0.3 is 10.8 Å². The second kappa shape index (κ2) is 3.81. The van der Waals surface area contributed by atoms with Gasteiger partial charge in [-0.15, -0.1) is 0 Å². The lowest BCUT2D eigenvalue weighted by Crippen LogP contribution is -2.35. The molecule has 0 aliphatic carbocycles. The van der Waals surface area contributed by atoms with Crippen LogP contribution in [0.25, 0.3) is 0 Å². The van der Waals surface area contributed by atoms with Gasteiger partial charge in [0.15, 0.2) is 4.31 Å². The molecule has 0 saturated carbocycles. The molecule has 2 unspecified atom stereocenters. The van der Waals surface area contributed by atoms with Crippen LogP contribution in [-0.4, -0.2) is 17.6 Å². The second-order valence-electron chi connectivity index (χ2n) is 1.96. The van der Waals surface area contributed by atoms with E-state index in [1.54, 1.807) is 0 Å². The van der Waals surface area contributed by atoms with Crippen LogP contribution in [0.4, 0.5) is 0 Å². The van der Waals surface area contributed by atoms with Crippen LogP contribution in [0.5, 0.6) is 0 Å². The van der Waals surface area contributed by atoms with Crippen molar-refractivity contribution in [3.05, 3.63) is 0 Å². The van der Waals surface area contributed by atoms with E-state index in [4.69, 9.17) is 5.73 Å². The van der Waals surface area contributed by atoms with Crippen LogP contribution in [-0.2, 0) is 22.5 Å². The summed E-state index contributed by atoms with van der Waals surface area (Å²) in [5.41, 5.74) is 5.08. The molecule has 0 aromatic heterocycles. The summed E-state index contributed by atoms with van der Waals surface area (Å²) in [5, 5.41) is 9.24. The van der Waals surface area contributed by atoms with Gasteiger partial charge in [-0.25, -0.2) is 0 Å². The van der Waals surface area contributed by atoms with E-state index in [0.717, 1.165) is 0 Å². The molecule has 68 valence electrons. The quantitative estimate of drug-likeness (QED) is 0.640. The first-order chi connectivity index (χ1) is 5.56. The van der Waals surface area contributed by atoms with E-state index in [1.165, 1.54) is 0 Å². The summed E-state index contributed by atoms with van der Waals surface area (Å²) in [6, 6.07) is 0. The predicted molar refractivity (Wildman–Crippen MR) is 37.1 cm³/mol. The number of rotatable bonds is 2. The molecule has 9 heteroatoms. The van der Waals surface area contributed by atoms with Crippen LogP contribution >= 0.6 is 16.5 Å². The molecule has 1 fully saturated rings. The summed E-state index contributed by atoms with van der Waals surface area (Å²) >= 11 is 0. The standard InChI is InChI=1S/C3H7NO6P2/c4-2-1-3(5)8-11(6)10-12(7)9-3/h5H,1-2,4H2/q+2. The third kappa shape index (κ3) is 2.50. The van der Waals surface area contributed by atoms with Crippen molar-refractivity contribution in [1.82, 2.24) is 0 Å². The molecule has 0 amide bonds. The minimum atomic E-state index is -2.59. The Morgan fingerprint density at radius 2 is 1.83 bits per heavy atom. The van der Waals surface area contributed by atoms with Crippen molar-refractivity contribution in [2.24, 2.45) is 5.73 Å². The first-order valence-electron chi connectivity index (χ1n) is 2.99. The van der Waals surface area contributed by atoms with Crippen LogP contribution in [0, 0.1) is 0 Å². The van der Waals surface area contributed by atoms with Crippen molar-refractivity contribution < 1.29 is 27.6 Å². The molecule has 0 radical (unpaired) electrons. The SMILES string of the molecule is NCCC1(O)O[P+](=O)O[P+](=O)O1. The lowest BCUT2D eigenvalue weighted by molar-refractivity contribution is -0.282. The second-order valence-corrected chi connectivity index (χ2v) is 3.88. The van der Waals surface area contributed by atoms with E-state index in [-0.39, 0.29) is 13.0 Å². The zero-order chi connectivity index (χ0) is 9.19. The molecular weight excluding hydrogens is 208 g/mol. The molecule has 0 spiro atoms. The van der Waals surface area contributed by atoms with E-state index in [2.05, 4.69) is 13.4 Å². The third-order valence-corrected chi connectivity index (χ3v) is 2.96. The fraction of sp³-hybridized carbons (Fsp3) is 1.00. The molecular formula is C3H7NO6P2+2. The molecule has 12 heavy (non-hydrogen) atoms. The lowest BCUT2D eigenvalue weighted by Gasteiger charge is -2.13. The van der Waals surface area contributed by atoms with E-state index in [0.29, 0.717) is 0 Å². The smallest absolute Gasteiger partial charge is 0.337 e. The minimum Gasteiger partial charge on any atom is -0.337 e. The van der Waals surface area contributed by atoms with E-state index >= 15 is 0 Å². The number of hydrogen-bond acceptors (Lipinski definition) is 7. The average molecular weight is 215 g/mol. The lowest BCUT2D eigenvalue weighted by atomic mass is 10.4. The first-order valence-corrected chi connectivity index (χ1v) is 5.18. The Morgan fingerprint density at radius 3 is 2.25 bits per heavy atom. The number of nitrogens with two attached hydrogens (primary N) is 1. The molecule has 1 heterocycles. The molecule has 1 aliphatic heterocycles. The van der Waals surface area contributed by atoms with Crippen molar-refractivity contribution in [3.8, 4) is 0 Å². The van der Waals surface area contributed by atoms with E-state index < -0.39 is 22.5 Å². The van der Waals surface area contributed by atoms with Gasteiger partial charge in [0, 0.05) is 15.7 Å². The van der Waals surface area contributed by atoms with Gasteiger partial charge in [-0.3, -0.25) is 0 Å². The topological polar surface area (TPSA) is 108 Å². The van der Waals surface area contributed by atoms with Crippen molar-refractivity contribution in [1.29, 1.82) is 0 Å². The van der Waals surface area contributed by atoms with Gasteiger partial charge in [0.2, 0.25) is 0 Å². The Labute approximate surface area is 69.7 Å². The molecule has 7 nitrogen and oxygen atoms in total. The fourth-order valence-corrected chi connectivity index (χ4v) is 2.09. The molecule has 1 rings (SSSR count). The predicted octanol–water partition coefficient (Wildman–Crippen LogP) is 0.359. The van der Waals surface area contributed by atoms with Gasteiger partial charge in [0.1, 0.15) is 0 Å². The van der Waals surface area contributed by atoms with Crippen LogP contribution in [0.2, 0.25) is 0 Å². The van der Waals surface area contributed by atoms with Gasteiger partial charge in [-0.05, 0) is 9.05 Å². The monoisotopic (exact) mass is 215 g/mol. The maximum Gasteiger partial charge on any atom is 0.753 e. The highest BCUT2D eigenvalue weighted by Crippen LogP contribution is 2.51. The summed E-state index contributed by atoms with van der Waals surface area (Å²) < 4.78 is 34.0. The first kappa shape index (κ1) is 10.1. The maximum atomic E-state index is 10.6. The molecule has 3 N–H and O–H groups in total. The minimum absolute atomic E-state index is 0.0445. The highest BCUT2D eigenvalue weighted by molar-refractivity contribution is 7.48. The van der Waals surface area contributed by atoms with Crippen LogP contribution in [0.15, 0.2) is 0 Å². The van der Waals surface area contributed by atoms with Gasteiger partial charge in [0.25, 0.3) is 0 Å². The zero-order valence-electron chi connectivity index (χ0n) is 5.87. The molecule has 0 bridgehead atoms. The highest BCUT2D eigenvalue weighted by Gasteiger charge is 2.60. The third-order valence-electron chi connectivity index (χ3n) is 1.03. The van der Waals surface area contributed by atoms with Crippen molar-refractivity contribution in [2.45, 2.75) is 12.4 Å². The Morgan fingerprint density at radius 1 is 1.33 bits per heavy atom. The van der Waals surface area contributed by atoms with Crippen LogP contribution in [0.3, 0.4) is 0 Å². The number of hydrogen-bond donors (Lipinski definition) is 2. The van der Waals surface area contributed by atoms with Crippen molar-refractivity contribution in [2.75, 3.05) is 6.54 Å². The summed E-state index contributed by atoms with van der Waals surface area (Å²) in [6.07, 6.45) is -0.126. The Bertz CT molecular complexity index is 203. The Kier molecular flexibility index (Phi) is 3.20. The largest absolute Gasteiger partial charge is 0.753 e. The number of aliphatic hydroxyl groups is 1. The fourth-order valence-electron chi connectivity index (χ4n) is 0.611. The molecule has 1 aliphatic rings. The Balaban J connectivity index is 2.64. The summed E-state index contributed by atoms with van der Waals surface area (Å²) in [7, 11) is -5.19. The highest BCUT2D eigenvalue weighted by atomic mass is 31.2. The normalized spacial score (nSPS) is 36.8. The van der Waals surface area contributed by atoms with Crippen LogP contribution in [0.1, 0.15) is 6.42 Å². The van der Waals surface area contributed by atoms with Gasteiger partial charge in [-0.2, -0.15) is 0 Å². The van der Waals surface area contributed by atoms with Gasteiger partial charge in [-0.1, -0.05) is 0 Å². The Hall–Kier alpha value is -0.0000000000000000486. The van der Waals surface area contributed by atoms with Gasteiger partial charge in [0.05, 0.1) is 6.42 Å². The molecule has 1 saturated heterocycles. The van der Waals surface area contributed by atoms with Crippen molar-refractivity contribution >= 4 is 16.5 Å². The van der Waals surface area contributed by atoms with Crippen LogP contribution < -0.4 is 5.73 Å². The molecule has 0 aromatic rings. The van der Waals surface area contributed by atoms with Crippen molar-refractivity contribution in [3.63, 3.8) is 0 Å². The van der Waals surface area contributed by atoms with Gasteiger partial charge >= 0.3 is 22.5 Å². The summed E-state index contributed by atoms with van der Waals surface area (Å²) in [6.45, 7) is 0.0445.